The summed E-state index contributed by atoms with van der Waals surface area (Å²) in [5, 5.41) is 8.65. The van der Waals surface area contributed by atoms with Crippen molar-refractivity contribution < 1.29 is 4.79 Å². The van der Waals surface area contributed by atoms with Gasteiger partial charge in [0.1, 0.15) is 0 Å². The van der Waals surface area contributed by atoms with Gasteiger partial charge in [-0.1, -0.05) is 4.49 Å². The highest BCUT2D eigenvalue weighted by atomic mass is 32.1. The molecule has 0 spiro atoms. The van der Waals surface area contributed by atoms with Gasteiger partial charge in [-0.2, -0.15) is 0 Å². The lowest BCUT2D eigenvalue weighted by Crippen LogP contribution is -2.53. The van der Waals surface area contributed by atoms with E-state index in [9.17, 15) is 4.79 Å². The molecule has 3 rings (SSSR count). The van der Waals surface area contributed by atoms with E-state index < -0.39 is 0 Å². The minimum Gasteiger partial charge on any atom is -0.347 e. The number of hydrogen-bond donors (Lipinski definition) is 1. The van der Waals surface area contributed by atoms with Crippen LogP contribution in [0.1, 0.15) is 36.2 Å². The Hall–Kier alpha value is -1.05. The molecule has 0 radical (unpaired) electrons. The molecule has 2 aliphatic rings. The van der Waals surface area contributed by atoms with Gasteiger partial charge in [0.2, 0.25) is 0 Å². The molecule has 1 N–H and O–H groups in total. The van der Waals surface area contributed by atoms with Gasteiger partial charge < -0.3 is 10.2 Å². The van der Waals surface area contributed by atoms with Gasteiger partial charge in [0.25, 0.3) is 5.91 Å². The number of carbonyl (C=O) groups excluding carboxylic acids is 1. The largest absolute Gasteiger partial charge is 0.347 e. The smallest absolute Gasteiger partial charge is 0.272 e. The van der Waals surface area contributed by atoms with Crippen molar-refractivity contribution >= 4 is 17.4 Å². The summed E-state index contributed by atoms with van der Waals surface area (Å²) in [5.74, 6) is -0.0843. The number of piperidine rings is 2. The van der Waals surface area contributed by atoms with Crippen LogP contribution in [0.2, 0.25) is 0 Å². The zero-order valence-electron chi connectivity index (χ0n) is 12.5. The van der Waals surface area contributed by atoms with Crippen LogP contribution in [0.15, 0.2) is 5.38 Å². The Morgan fingerprint density at radius 3 is 2.86 bits per heavy atom. The van der Waals surface area contributed by atoms with Crippen molar-refractivity contribution in [3.63, 3.8) is 0 Å². The lowest BCUT2D eigenvalue weighted by atomic mass is 9.98. The second kappa shape index (κ2) is 6.81. The predicted molar refractivity (Wildman–Crippen MR) is 82.5 cm³/mol. The van der Waals surface area contributed by atoms with Gasteiger partial charge in [0.15, 0.2) is 5.69 Å². The fourth-order valence-electron chi connectivity index (χ4n) is 3.34. The zero-order chi connectivity index (χ0) is 14.7. The van der Waals surface area contributed by atoms with E-state index in [4.69, 9.17) is 0 Å². The van der Waals surface area contributed by atoms with Gasteiger partial charge in [-0.05, 0) is 63.9 Å². The van der Waals surface area contributed by atoms with Crippen molar-refractivity contribution in [3.05, 3.63) is 11.1 Å². The normalized spacial score (nSPS) is 25.9. The van der Waals surface area contributed by atoms with E-state index >= 15 is 0 Å². The number of hydrogen-bond acceptors (Lipinski definition) is 6. The summed E-state index contributed by atoms with van der Waals surface area (Å²) in [4.78, 5) is 17.0. The SMILES string of the molecule is CN1CCC(N2CCC[C@H](NC(=O)c3csnn3)C2)CC1. The first-order chi connectivity index (χ1) is 10.2. The van der Waals surface area contributed by atoms with Gasteiger partial charge >= 0.3 is 0 Å². The van der Waals surface area contributed by atoms with Crippen molar-refractivity contribution in [2.75, 3.05) is 33.2 Å². The third-order valence-corrected chi connectivity index (χ3v) is 5.09. The molecule has 0 aliphatic carbocycles. The average molecular weight is 309 g/mol. The van der Waals surface area contributed by atoms with Crippen LogP contribution in [0.5, 0.6) is 0 Å². The molecule has 2 aliphatic heterocycles. The highest BCUT2D eigenvalue weighted by Gasteiger charge is 2.29. The van der Waals surface area contributed by atoms with E-state index in [0.29, 0.717) is 11.7 Å². The summed E-state index contributed by atoms with van der Waals surface area (Å²) >= 11 is 1.22. The summed E-state index contributed by atoms with van der Waals surface area (Å²) in [6.45, 7) is 4.50. The Bertz CT molecular complexity index is 458. The second-order valence-electron chi connectivity index (χ2n) is 6.13. The Morgan fingerprint density at radius 2 is 2.14 bits per heavy atom. The summed E-state index contributed by atoms with van der Waals surface area (Å²) in [5.41, 5.74) is 0.441. The van der Waals surface area contributed by atoms with E-state index in [1.165, 1.54) is 44.0 Å². The van der Waals surface area contributed by atoms with Crippen LogP contribution in [0.25, 0.3) is 0 Å². The molecule has 1 aromatic rings. The van der Waals surface area contributed by atoms with Crippen LogP contribution in [0.4, 0.5) is 0 Å². The Balaban J connectivity index is 1.52. The van der Waals surface area contributed by atoms with Crippen molar-refractivity contribution in [1.29, 1.82) is 0 Å². The molecule has 2 saturated heterocycles. The van der Waals surface area contributed by atoms with E-state index in [2.05, 4.69) is 31.8 Å². The number of nitrogens with one attached hydrogen (secondary N) is 1. The monoisotopic (exact) mass is 309 g/mol. The minimum atomic E-state index is -0.0843. The molecule has 0 bridgehead atoms. The molecule has 21 heavy (non-hydrogen) atoms. The standard InChI is InChI=1S/C14H23N5OS/c1-18-7-4-12(5-8-18)19-6-2-3-11(9-19)15-14(20)13-10-21-17-16-13/h10-12H,2-9H2,1H3,(H,15,20)/t11-/m0/s1. The first-order valence-electron chi connectivity index (χ1n) is 7.73. The third-order valence-electron chi connectivity index (χ3n) is 4.59. The summed E-state index contributed by atoms with van der Waals surface area (Å²) in [7, 11) is 2.19. The Labute approximate surface area is 129 Å². The van der Waals surface area contributed by atoms with E-state index in [1.807, 2.05) is 0 Å². The van der Waals surface area contributed by atoms with Crippen molar-refractivity contribution in [2.45, 2.75) is 37.8 Å². The molecular weight excluding hydrogens is 286 g/mol. The molecule has 0 aromatic carbocycles. The minimum absolute atomic E-state index is 0.0843. The topological polar surface area (TPSA) is 61.4 Å². The highest BCUT2D eigenvalue weighted by molar-refractivity contribution is 7.03. The predicted octanol–water partition coefficient (Wildman–Crippen LogP) is 0.826. The lowest BCUT2D eigenvalue weighted by molar-refractivity contribution is 0.0763. The molecule has 3 heterocycles. The zero-order valence-corrected chi connectivity index (χ0v) is 13.3. The molecule has 0 unspecified atom stereocenters. The molecule has 2 fully saturated rings. The van der Waals surface area contributed by atoms with Crippen molar-refractivity contribution in [2.24, 2.45) is 0 Å². The van der Waals surface area contributed by atoms with Crippen LogP contribution in [-0.2, 0) is 0 Å². The molecule has 1 aromatic heterocycles. The molecule has 6 nitrogen and oxygen atoms in total. The van der Waals surface area contributed by atoms with Gasteiger partial charge in [0.05, 0.1) is 0 Å². The van der Waals surface area contributed by atoms with Crippen LogP contribution in [-0.4, -0.2) is 70.6 Å². The first-order valence-corrected chi connectivity index (χ1v) is 8.56. The van der Waals surface area contributed by atoms with E-state index in [0.717, 1.165) is 19.4 Å². The average Bonchev–Trinajstić information content (AvgIpc) is 3.02. The number of rotatable bonds is 3. The van der Waals surface area contributed by atoms with Gasteiger partial charge in [-0.15, -0.1) is 5.10 Å². The number of amides is 1. The van der Waals surface area contributed by atoms with Gasteiger partial charge in [-0.25, -0.2) is 0 Å². The van der Waals surface area contributed by atoms with Crippen LogP contribution >= 0.6 is 11.5 Å². The molecule has 116 valence electrons. The Morgan fingerprint density at radius 1 is 1.33 bits per heavy atom. The maximum absolute atomic E-state index is 12.1. The molecule has 1 atom stereocenters. The van der Waals surface area contributed by atoms with Gasteiger partial charge in [0, 0.05) is 24.0 Å². The van der Waals surface area contributed by atoms with Crippen LogP contribution < -0.4 is 5.32 Å². The first kappa shape index (κ1) is 14.9. The van der Waals surface area contributed by atoms with Crippen molar-refractivity contribution in [1.82, 2.24) is 24.7 Å². The van der Waals surface area contributed by atoms with Gasteiger partial charge in [-0.3, -0.25) is 9.69 Å². The summed E-state index contributed by atoms with van der Waals surface area (Å²) in [6.07, 6.45) is 4.71. The van der Waals surface area contributed by atoms with Crippen molar-refractivity contribution in [3.8, 4) is 0 Å². The molecule has 0 saturated carbocycles. The quantitative estimate of drug-likeness (QED) is 0.896. The van der Waals surface area contributed by atoms with E-state index in [1.54, 1.807) is 5.38 Å². The summed E-state index contributed by atoms with van der Waals surface area (Å²) in [6, 6.07) is 0.925. The number of aromatic nitrogens is 2. The number of likely N-dealkylation sites (tertiary alicyclic amines) is 2. The third kappa shape index (κ3) is 3.78. The Kier molecular flexibility index (Phi) is 4.82. The molecule has 7 heteroatoms. The lowest BCUT2D eigenvalue weighted by Gasteiger charge is -2.41. The number of carbonyl (C=O) groups is 1. The second-order valence-corrected chi connectivity index (χ2v) is 6.74. The summed E-state index contributed by atoms with van der Waals surface area (Å²) < 4.78 is 3.75. The maximum atomic E-state index is 12.1. The van der Waals surface area contributed by atoms with Crippen LogP contribution in [0.3, 0.4) is 0 Å². The maximum Gasteiger partial charge on any atom is 0.272 e. The van der Waals surface area contributed by atoms with E-state index in [-0.39, 0.29) is 11.9 Å². The highest BCUT2D eigenvalue weighted by Crippen LogP contribution is 2.20. The fraction of sp³-hybridized carbons (Fsp3) is 0.786. The molecular formula is C14H23N5OS. The van der Waals surface area contributed by atoms with Crippen LogP contribution in [0, 0.1) is 0 Å². The fourth-order valence-corrected chi connectivity index (χ4v) is 3.78. The molecule has 1 amide bonds. The number of nitrogens with zero attached hydrogens (tertiary/aromatic N) is 4.